The van der Waals surface area contributed by atoms with E-state index in [0.717, 1.165) is 90.6 Å². The van der Waals surface area contributed by atoms with Crippen LogP contribution in [0.3, 0.4) is 0 Å². The number of ether oxygens (including phenoxy) is 2. The molecule has 9 heteroatoms. The Morgan fingerprint density at radius 3 is 2.66 bits per heavy atom. The van der Waals surface area contributed by atoms with Gasteiger partial charge in [0.05, 0.1) is 38.7 Å². The lowest BCUT2D eigenvalue weighted by Crippen LogP contribution is -2.51. The first-order valence-electron chi connectivity index (χ1n) is 11.2. The summed E-state index contributed by atoms with van der Waals surface area (Å²) in [5.41, 5.74) is 6.15. The lowest BCUT2D eigenvalue weighted by Gasteiger charge is -2.34. The molecule has 4 aliphatic heterocycles. The topological polar surface area (TPSA) is 77.0 Å². The number of hydrogen-bond acceptors (Lipinski definition) is 9. The zero-order valence-corrected chi connectivity index (χ0v) is 17.2. The number of rotatable bonds is 5. The molecule has 0 bridgehead atoms. The van der Waals surface area contributed by atoms with Crippen molar-refractivity contribution in [3.8, 4) is 0 Å². The molecule has 0 radical (unpaired) electrons. The molecule has 0 saturated carbocycles. The summed E-state index contributed by atoms with van der Waals surface area (Å²) in [6.45, 7) is 10.2. The molecule has 0 amide bonds. The molecule has 2 fully saturated rings. The smallest absolute Gasteiger partial charge is 0.248 e. The number of nitrogens with zero attached hydrogens (tertiary/aromatic N) is 5. The van der Waals surface area contributed by atoms with E-state index in [1.54, 1.807) is 0 Å². The lowest BCUT2D eigenvalue weighted by atomic mass is 9.91. The van der Waals surface area contributed by atoms with Crippen molar-refractivity contribution >= 4 is 11.9 Å². The van der Waals surface area contributed by atoms with Gasteiger partial charge in [-0.05, 0) is 44.3 Å². The standard InChI is InChI=1S/C20H33N7O2/c1-3-16-15-27-19(23-20(24-27)26-9-13-29-14-10-26)22-18(16)17(4-1)21-5-2-6-25-7-11-28-12-8-25/h17,21H,1-15H2,(H,22,23,24). The number of aliphatic imine (C=N–C) groups is 2. The van der Waals surface area contributed by atoms with Crippen molar-refractivity contribution in [2.24, 2.45) is 9.98 Å². The summed E-state index contributed by atoms with van der Waals surface area (Å²) in [5, 5.41) is 5.88. The van der Waals surface area contributed by atoms with Gasteiger partial charge in [0, 0.05) is 32.2 Å². The zero-order chi connectivity index (χ0) is 19.5. The number of guanidine groups is 2. The minimum atomic E-state index is 0.362. The van der Waals surface area contributed by atoms with Gasteiger partial charge in [-0.3, -0.25) is 10.3 Å². The second kappa shape index (κ2) is 8.99. The molecular formula is C20H33N7O2. The fourth-order valence-corrected chi connectivity index (χ4v) is 4.71. The van der Waals surface area contributed by atoms with E-state index in [1.165, 1.54) is 30.5 Å². The van der Waals surface area contributed by atoms with E-state index in [-0.39, 0.29) is 0 Å². The van der Waals surface area contributed by atoms with E-state index in [4.69, 9.17) is 19.5 Å². The molecular weight excluding hydrogens is 370 g/mol. The van der Waals surface area contributed by atoms with Gasteiger partial charge >= 0.3 is 0 Å². The third-order valence-corrected chi connectivity index (χ3v) is 6.37. The predicted octanol–water partition coefficient (Wildman–Crippen LogP) is -0.0171. The van der Waals surface area contributed by atoms with Gasteiger partial charge in [-0.1, -0.05) is 0 Å². The Bertz CT molecular complexity index is 680. The van der Waals surface area contributed by atoms with Crippen LogP contribution in [0.25, 0.3) is 0 Å². The maximum Gasteiger partial charge on any atom is 0.248 e. The molecule has 5 aliphatic rings. The second-order valence-corrected chi connectivity index (χ2v) is 8.34. The highest BCUT2D eigenvalue weighted by atomic mass is 16.5. The molecule has 2 saturated heterocycles. The summed E-state index contributed by atoms with van der Waals surface area (Å²) in [6.07, 6.45) is 4.71. The second-order valence-electron chi connectivity index (χ2n) is 8.34. The van der Waals surface area contributed by atoms with E-state index >= 15 is 0 Å². The van der Waals surface area contributed by atoms with Crippen LogP contribution in [-0.4, -0.2) is 105 Å². The lowest BCUT2D eigenvalue weighted by molar-refractivity contribution is 0.0374. The number of hydrazine groups is 1. The molecule has 5 rings (SSSR count). The molecule has 0 spiro atoms. The van der Waals surface area contributed by atoms with Crippen molar-refractivity contribution in [1.82, 2.24) is 25.6 Å². The van der Waals surface area contributed by atoms with Crippen molar-refractivity contribution in [1.29, 1.82) is 0 Å². The highest BCUT2D eigenvalue weighted by molar-refractivity contribution is 6.01. The monoisotopic (exact) mass is 403 g/mol. The van der Waals surface area contributed by atoms with Crippen molar-refractivity contribution in [3.63, 3.8) is 0 Å². The first-order valence-corrected chi connectivity index (χ1v) is 11.2. The summed E-state index contributed by atoms with van der Waals surface area (Å²) in [6, 6.07) is 0.362. The quantitative estimate of drug-likeness (QED) is 0.625. The van der Waals surface area contributed by atoms with Gasteiger partial charge in [0.15, 0.2) is 0 Å². The van der Waals surface area contributed by atoms with E-state index in [9.17, 15) is 0 Å². The largest absolute Gasteiger partial charge is 0.379 e. The Balaban J connectivity index is 1.18. The molecule has 160 valence electrons. The Hall–Kier alpha value is -1.68. The Labute approximate surface area is 172 Å². The van der Waals surface area contributed by atoms with Crippen LogP contribution in [0.2, 0.25) is 0 Å². The number of nitrogens with one attached hydrogen (secondary N) is 2. The van der Waals surface area contributed by atoms with Crippen LogP contribution < -0.4 is 10.7 Å². The third-order valence-electron chi connectivity index (χ3n) is 6.37. The summed E-state index contributed by atoms with van der Waals surface area (Å²) in [5.74, 6) is 1.73. The number of hydrogen-bond donors (Lipinski definition) is 2. The fraction of sp³-hybridized carbons (Fsp3) is 0.800. The Kier molecular flexibility index (Phi) is 5.98. The minimum Gasteiger partial charge on any atom is -0.379 e. The molecule has 0 aromatic carbocycles. The van der Waals surface area contributed by atoms with Crippen molar-refractivity contribution in [3.05, 3.63) is 11.3 Å². The molecule has 1 aliphatic carbocycles. The number of fused-ring (bicyclic) bond motifs is 1. The van der Waals surface area contributed by atoms with Crippen LogP contribution in [0.15, 0.2) is 21.3 Å². The Morgan fingerprint density at radius 2 is 1.83 bits per heavy atom. The first-order chi connectivity index (χ1) is 14.4. The van der Waals surface area contributed by atoms with Crippen LogP contribution in [0.1, 0.15) is 25.7 Å². The summed E-state index contributed by atoms with van der Waals surface area (Å²) in [4.78, 5) is 14.5. The van der Waals surface area contributed by atoms with Crippen LogP contribution >= 0.6 is 0 Å². The van der Waals surface area contributed by atoms with Crippen LogP contribution in [0.4, 0.5) is 0 Å². The Morgan fingerprint density at radius 1 is 1.03 bits per heavy atom. The molecule has 1 atom stereocenters. The molecule has 29 heavy (non-hydrogen) atoms. The van der Waals surface area contributed by atoms with Crippen molar-refractivity contribution in [2.45, 2.75) is 31.7 Å². The van der Waals surface area contributed by atoms with Crippen molar-refractivity contribution in [2.75, 3.05) is 72.2 Å². The van der Waals surface area contributed by atoms with Crippen LogP contribution in [0.5, 0.6) is 0 Å². The average molecular weight is 404 g/mol. The van der Waals surface area contributed by atoms with Gasteiger partial charge in [-0.25, -0.2) is 10.0 Å². The molecule has 0 aromatic heterocycles. The van der Waals surface area contributed by atoms with Crippen LogP contribution in [0, 0.1) is 0 Å². The first kappa shape index (κ1) is 19.3. The predicted molar refractivity (Wildman–Crippen MR) is 112 cm³/mol. The molecule has 9 nitrogen and oxygen atoms in total. The van der Waals surface area contributed by atoms with Gasteiger partial charge in [0.1, 0.15) is 0 Å². The summed E-state index contributed by atoms with van der Waals surface area (Å²) < 4.78 is 10.9. The molecule has 1 unspecified atom stereocenters. The minimum absolute atomic E-state index is 0.362. The summed E-state index contributed by atoms with van der Waals surface area (Å²) in [7, 11) is 0. The zero-order valence-electron chi connectivity index (χ0n) is 17.2. The van der Waals surface area contributed by atoms with E-state index in [1.807, 2.05) is 0 Å². The van der Waals surface area contributed by atoms with Gasteiger partial charge < -0.3 is 19.7 Å². The van der Waals surface area contributed by atoms with E-state index in [2.05, 4.69) is 25.6 Å². The molecule has 4 heterocycles. The number of morpholine rings is 2. The third kappa shape index (κ3) is 4.42. The van der Waals surface area contributed by atoms with E-state index < -0.39 is 0 Å². The van der Waals surface area contributed by atoms with Gasteiger partial charge in [0.25, 0.3) is 0 Å². The maximum atomic E-state index is 5.46. The van der Waals surface area contributed by atoms with E-state index in [0.29, 0.717) is 6.04 Å². The SMILES string of the molecule is C1CC2=C(N=C3N=C(N4CCOCC4)NN3C2)C(NCCCN2CCOCC2)C1. The maximum absolute atomic E-state index is 5.46. The fourth-order valence-electron chi connectivity index (χ4n) is 4.71. The highest BCUT2D eigenvalue weighted by Gasteiger charge is 2.34. The average Bonchev–Trinajstić information content (AvgIpc) is 3.20. The van der Waals surface area contributed by atoms with Gasteiger partial charge in [-0.2, -0.15) is 4.99 Å². The summed E-state index contributed by atoms with van der Waals surface area (Å²) >= 11 is 0. The van der Waals surface area contributed by atoms with Crippen LogP contribution in [-0.2, 0) is 9.47 Å². The van der Waals surface area contributed by atoms with Crippen molar-refractivity contribution < 1.29 is 9.47 Å². The molecule has 2 N–H and O–H groups in total. The highest BCUT2D eigenvalue weighted by Crippen LogP contribution is 2.30. The normalized spacial score (nSPS) is 27.9. The van der Waals surface area contributed by atoms with Gasteiger partial charge in [-0.15, -0.1) is 0 Å². The van der Waals surface area contributed by atoms with Gasteiger partial charge in [0.2, 0.25) is 11.9 Å². The molecule has 0 aromatic rings.